The van der Waals surface area contributed by atoms with Crippen LogP contribution in [0.2, 0.25) is 0 Å². The molecule has 1 aromatic heterocycles. The van der Waals surface area contributed by atoms with Gasteiger partial charge in [-0.05, 0) is 25.9 Å². The van der Waals surface area contributed by atoms with E-state index in [0.717, 1.165) is 5.69 Å². The monoisotopic (exact) mass is 260 g/mol. The van der Waals surface area contributed by atoms with Crippen LogP contribution in [0.3, 0.4) is 0 Å². The van der Waals surface area contributed by atoms with Gasteiger partial charge in [-0.25, -0.2) is 4.98 Å². The van der Waals surface area contributed by atoms with Gasteiger partial charge in [0.05, 0.1) is 24.0 Å². The van der Waals surface area contributed by atoms with Crippen LogP contribution >= 0.6 is 0 Å². The van der Waals surface area contributed by atoms with Crippen molar-refractivity contribution in [1.29, 1.82) is 0 Å². The van der Waals surface area contributed by atoms with Crippen molar-refractivity contribution in [3.8, 4) is 0 Å². The molecule has 0 unspecified atom stereocenters. The van der Waals surface area contributed by atoms with Crippen molar-refractivity contribution in [3.05, 3.63) is 18.1 Å². The summed E-state index contributed by atoms with van der Waals surface area (Å²) in [4.78, 5) is 9.96. The van der Waals surface area contributed by atoms with Crippen molar-refractivity contribution in [3.63, 3.8) is 0 Å². The number of likely N-dealkylation sites (tertiary alicyclic amines) is 1. The second kappa shape index (κ2) is 5.09. The number of nitrogens with two attached hydrogens (primary N) is 1. The van der Waals surface area contributed by atoms with Crippen molar-refractivity contribution in [2.24, 2.45) is 5.92 Å². The first-order chi connectivity index (χ1) is 8.45. The van der Waals surface area contributed by atoms with Crippen LogP contribution in [0.1, 0.15) is 18.5 Å². The molecule has 100 valence electrons. The van der Waals surface area contributed by atoms with Gasteiger partial charge in [-0.3, -0.25) is 9.88 Å². The topological polar surface area (TPSA) is 55.0 Å². The molecule has 2 heterocycles. The number of halogens is 3. The van der Waals surface area contributed by atoms with Gasteiger partial charge in [0, 0.05) is 6.54 Å². The van der Waals surface area contributed by atoms with Gasteiger partial charge < -0.3 is 5.73 Å². The van der Waals surface area contributed by atoms with Gasteiger partial charge >= 0.3 is 6.18 Å². The predicted octanol–water partition coefficient (Wildman–Crippen LogP) is 1.83. The Balaban J connectivity index is 1.85. The fourth-order valence-corrected chi connectivity index (χ4v) is 2.09. The standard InChI is InChI=1S/C11H15F3N4/c12-11(13,14)8-1-3-18(4-2-8)7-9-5-17-10(15)6-16-9/h5-6,8H,1-4,7H2,(H2,15,17). The fourth-order valence-electron chi connectivity index (χ4n) is 2.09. The van der Waals surface area contributed by atoms with E-state index in [1.165, 1.54) is 6.20 Å². The average molecular weight is 260 g/mol. The van der Waals surface area contributed by atoms with Gasteiger partial charge in [0.1, 0.15) is 5.82 Å². The van der Waals surface area contributed by atoms with Crippen molar-refractivity contribution >= 4 is 5.82 Å². The lowest BCUT2D eigenvalue weighted by Crippen LogP contribution is -2.38. The molecular formula is C11H15F3N4. The molecule has 0 bridgehead atoms. The number of hydrogen-bond donors (Lipinski definition) is 1. The number of anilines is 1. The normalized spacial score (nSPS) is 19.1. The quantitative estimate of drug-likeness (QED) is 0.881. The van der Waals surface area contributed by atoms with Crippen LogP contribution < -0.4 is 5.73 Å². The molecule has 7 heteroatoms. The van der Waals surface area contributed by atoms with E-state index in [1.807, 2.05) is 4.90 Å². The number of hydrogen-bond acceptors (Lipinski definition) is 4. The number of rotatable bonds is 2. The second-order valence-electron chi connectivity index (χ2n) is 4.52. The zero-order chi connectivity index (χ0) is 13.2. The maximum atomic E-state index is 12.5. The molecule has 0 aliphatic carbocycles. The summed E-state index contributed by atoms with van der Waals surface area (Å²) in [6.45, 7) is 1.41. The minimum Gasteiger partial charge on any atom is -0.382 e. The molecule has 18 heavy (non-hydrogen) atoms. The van der Waals surface area contributed by atoms with E-state index in [1.54, 1.807) is 6.20 Å². The van der Waals surface area contributed by atoms with E-state index in [2.05, 4.69) is 9.97 Å². The third-order valence-corrected chi connectivity index (χ3v) is 3.16. The minimum atomic E-state index is -4.06. The summed E-state index contributed by atoms with van der Waals surface area (Å²) < 4.78 is 37.5. The lowest BCUT2D eigenvalue weighted by atomic mass is 9.96. The van der Waals surface area contributed by atoms with Crippen LogP contribution in [0.5, 0.6) is 0 Å². The molecule has 2 rings (SSSR count). The number of nitrogens with zero attached hydrogens (tertiary/aromatic N) is 3. The van der Waals surface area contributed by atoms with Gasteiger partial charge in [0.15, 0.2) is 0 Å². The van der Waals surface area contributed by atoms with Crippen molar-refractivity contribution in [1.82, 2.24) is 14.9 Å². The lowest BCUT2D eigenvalue weighted by Gasteiger charge is -2.32. The SMILES string of the molecule is Nc1cnc(CN2CCC(C(F)(F)F)CC2)cn1. The maximum Gasteiger partial charge on any atom is 0.391 e. The molecule has 2 N–H and O–H groups in total. The minimum absolute atomic E-state index is 0.159. The van der Waals surface area contributed by atoms with Gasteiger partial charge in [0.25, 0.3) is 0 Å². The fraction of sp³-hybridized carbons (Fsp3) is 0.636. The zero-order valence-electron chi connectivity index (χ0n) is 9.82. The predicted molar refractivity (Wildman–Crippen MR) is 60.5 cm³/mol. The molecular weight excluding hydrogens is 245 g/mol. The van der Waals surface area contributed by atoms with Crippen molar-refractivity contribution < 1.29 is 13.2 Å². The molecule has 0 amide bonds. The molecule has 1 saturated heterocycles. The van der Waals surface area contributed by atoms with Crippen molar-refractivity contribution in [2.45, 2.75) is 25.6 Å². The van der Waals surface area contributed by atoms with Gasteiger partial charge in [-0.15, -0.1) is 0 Å². The van der Waals surface area contributed by atoms with E-state index in [9.17, 15) is 13.2 Å². The third-order valence-electron chi connectivity index (χ3n) is 3.16. The maximum absolute atomic E-state index is 12.5. The summed E-state index contributed by atoms with van der Waals surface area (Å²) in [5.74, 6) is -0.819. The van der Waals surface area contributed by atoms with E-state index < -0.39 is 12.1 Å². The van der Waals surface area contributed by atoms with E-state index in [4.69, 9.17) is 5.73 Å². The number of nitrogen functional groups attached to an aromatic ring is 1. The Bertz CT molecular complexity index is 382. The molecule has 1 aliphatic rings. The summed E-state index contributed by atoms with van der Waals surface area (Å²) in [5.41, 5.74) is 6.14. The van der Waals surface area contributed by atoms with Gasteiger partial charge in [0.2, 0.25) is 0 Å². The summed E-state index contributed by atoms with van der Waals surface area (Å²) in [5, 5.41) is 0. The van der Waals surface area contributed by atoms with E-state index >= 15 is 0 Å². The lowest BCUT2D eigenvalue weighted by molar-refractivity contribution is -0.185. The smallest absolute Gasteiger partial charge is 0.382 e. The summed E-state index contributed by atoms with van der Waals surface area (Å²) in [6.07, 6.45) is -0.728. The van der Waals surface area contributed by atoms with E-state index in [0.29, 0.717) is 25.5 Å². The highest BCUT2D eigenvalue weighted by Gasteiger charge is 2.40. The molecule has 0 atom stereocenters. The third kappa shape index (κ3) is 3.32. The first-order valence-electron chi connectivity index (χ1n) is 5.80. The zero-order valence-corrected chi connectivity index (χ0v) is 9.82. The largest absolute Gasteiger partial charge is 0.391 e. The Kier molecular flexibility index (Phi) is 3.70. The summed E-state index contributed by atoms with van der Waals surface area (Å²) >= 11 is 0. The van der Waals surface area contributed by atoms with Gasteiger partial charge in [-0.1, -0.05) is 0 Å². The second-order valence-corrected chi connectivity index (χ2v) is 4.52. The highest BCUT2D eigenvalue weighted by atomic mass is 19.4. The Hall–Kier alpha value is -1.37. The van der Waals surface area contributed by atoms with Crippen molar-refractivity contribution in [2.75, 3.05) is 18.8 Å². The van der Waals surface area contributed by atoms with E-state index in [-0.39, 0.29) is 12.8 Å². The van der Waals surface area contributed by atoms with Crippen LogP contribution in [0.25, 0.3) is 0 Å². The Labute approximate surface area is 103 Å². The first-order valence-corrected chi connectivity index (χ1v) is 5.80. The molecule has 1 aromatic rings. The summed E-state index contributed by atoms with van der Waals surface area (Å²) in [7, 11) is 0. The highest BCUT2D eigenvalue weighted by molar-refractivity contribution is 5.22. The molecule has 0 aromatic carbocycles. The van der Waals surface area contributed by atoms with Gasteiger partial charge in [-0.2, -0.15) is 13.2 Å². The molecule has 0 radical (unpaired) electrons. The van der Waals surface area contributed by atoms with Crippen LogP contribution in [-0.4, -0.2) is 34.1 Å². The molecule has 0 spiro atoms. The average Bonchev–Trinajstić information content (AvgIpc) is 2.32. The number of alkyl halides is 3. The van der Waals surface area contributed by atoms with Crippen LogP contribution in [0, 0.1) is 5.92 Å². The molecule has 4 nitrogen and oxygen atoms in total. The van der Waals surface area contributed by atoms with Crippen LogP contribution in [-0.2, 0) is 6.54 Å². The Morgan fingerprint density at radius 2 is 1.89 bits per heavy atom. The Morgan fingerprint density at radius 1 is 1.22 bits per heavy atom. The molecule has 0 saturated carbocycles. The van der Waals surface area contributed by atoms with Crippen LogP contribution in [0.15, 0.2) is 12.4 Å². The first kappa shape index (κ1) is 13.1. The van der Waals surface area contributed by atoms with Crippen LogP contribution in [0.4, 0.5) is 19.0 Å². The summed E-state index contributed by atoms with van der Waals surface area (Å²) in [6, 6.07) is 0. The molecule has 1 aliphatic heterocycles. The highest BCUT2D eigenvalue weighted by Crippen LogP contribution is 2.34. The Morgan fingerprint density at radius 3 is 2.39 bits per heavy atom. The molecule has 1 fully saturated rings. The number of piperidine rings is 1. The number of aromatic nitrogens is 2.